The number of aromatic hydroxyl groups is 1. The molecule has 2 atom stereocenters. The summed E-state index contributed by atoms with van der Waals surface area (Å²) in [5.74, 6) is 0.966. The van der Waals surface area contributed by atoms with Gasteiger partial charge >= 0.3 is 6.01 Å². The second-order valence-electron chi connectivity index (χ2n) is 9.18. The molecule has 5 rings (SSSR count). The quantitative estimate of drug-likeness (QED) is 0.625. The summed E-state index contributed by atoms with van der Waals surface area (Å²) in [6.45, 7) is 4.53. The van der Waals surface area contributed by atoms with Crippen LogP contribution in [0.3, 0.4) is 0 Å². The number of piperidine rings is 1. The van der Waals surface area contributed by atoms with E-state index in [1.165, 1.54) is 26.3 Å². The molecule has 0 saturated carbocycles. The van der Waals surface area contributed by atoms with Crippen molar-refractivity contribution in [1.29, 1.82) is 0 Å². The molecule has 2 aliphatic rings. The maximum absolute atomic E-state index is 10.6. The third-order valence-electron chi connectivity index (χ3n) is 6.38. The summed E-state index contributed by atoms with van der Waals surface area (Å²) < 4.78 is 11.2. The molecule has 0 aliphatic carbocycles. The number of phenolic OH excluding ortho intramolecular Hbond substituents is 1. The van der Waals surface area contributed by atoms with E-state index in [2.05, 4.69) is 44.3 Å². The lowest BCUT2D eigenvalue weighted by Gasteiger charge is -2.41. The monoisotopic (exact) mass is 434 g/mol. The van der Waals surface area contributed by atoms with Crippen LogP contribution in [0.5, 0.6) is 17.6 Å². The molecular weight excluding hydrogens is 408 g/mol. The molecule has 0 amide bonds. The molecule has 9 heteroatoms. The Hall–Kier alpha value is -3.33. The first kappa shape index (κ1) is 20.6. The lowest BCUT2D eigenvalue weighted by atomic mass is 9.86. The number of benzene rings is 1. The topological polar surface area (TPSA) is 115 Å². The van der Waals surface area contributed by atoms with E-state index in [1.54, 1.807) is 18.2 Å². The van der Waals surface area contributed by atoms with Crippen molar-refractivity contribution in [3.63, 3.8) is 0 Å². The molecule has 2 bridgehead atoms. The largest absolute Gasteiger partial charge is 0.507 e. The Bertz CT molecular complexity index is 1120. The Morgan fingerprint density at radius 1 is 1.03 bits per heavy atom. The van der Waals surface area contributed by atoms with Crippen LogP contribution in [0.25, 0.3) is 22.6 Å². The number of fused-ring (bicyclic) bond motifs is 2. The first-order valence-corrected chi connectivity index (χ1v) is 10.7. The van der Waals surface area contributed by atoms with Crippen molar-refractivity contribution in [3.05, 3.63) is 36.7 Å². The van der Waals surface area contributed by atoms with Crippen molar-refractivity contribution in [3.8, 4) is 40.3 Å². The van der Waals surface area contributed by atoms with E-state index >= 15 is 0 Å². The summed E-state index contributed by atoms with van der Waals surface area (Å²) in [5, 5.41) is 22.9. The van der Waals surface area contributed by atoms with Crippen LogP contribution in [-0.4, -0.2) is 54.5 Å². The van der Waals surface area contributed by atoms with Gasteiger partial charge in [0.25, 0.3) is 0 Å². The minimum absolute atomic E-state index is 0.0561. The Kier molecular flexibility index (Phi) is 4.93. The van der Waals surface area contributed by atoms with Crippen LogP contribution in [0, 0.1) is 0 Å². The van der Waals surface area contributed by atoms with Crippen molar-refractivity contribution in [2.75, 3.05) is 7.11 Å². The maximum Gasteiger partial charge on any atom is 0.319 e. The fourth-order valence-corrected chi connectivity index (χ4v) is 4.98. The summed E-state index contributed by atoms with van der Waals surface area (Å²) in [7, 11) is 1.49. The van der Waals surface area contributed by atoms with Crippen molar-refractivity contribution >= 4 is 0 Å². The van der Waals surface area contributed by atoms with E-state index in [4.69, 9.17) is 9.47 Å². The van der Waals surface area contributed by atoms with Gasteiger partial charge in [-0.15, -0.1) is 10.2 Å². The second kappa shape index (κ2) is 7.67. The molecule has 2 aliphatic heterocycles. The number of nitrogens with zero attached hydrogens (tertiary/aromatic N) is 5. The number of methoxy groups -OCH3 is 1. The molecule has 4 heterocycles. The van der Waals surface area contributed by atoms with Crippen LogP contribution in [0.1, 0.15) is 39.5 Å². The second-order valence-corrected chi connectivity index (χ2v) is 9.18. The summed E-state index contributed by atoms with van der Waals surface area (Å²) in [6, 6.07) is 8.98. The number of hydrogen-bond donors (Lipinski definition) is 2. The van der Waals surface area contributed by atoms with Gasteiger partial charge in [0, 0.05) is 41.1 Å². The number of phenols is 1. The summed E-state index contributed by atoms with van der Waals surface area (Å²) in [4.78, 5) is 12.2. The number of ether oxygens (including phenoxy) is 2. The molecule has 3 aromatic rings. The van der Waals surface area contributed by atoms with Gasteiger partial charge in [-0.25, -0.2) is 4.98 Å². The van der Waals surface area contributed by atoms with E-state index in [-0.39, 0.29) is 28.9 Å². The highest BCUT2D eigenvalue weighted by atomic mass is 16.5. The van der Waals surface area contributed by atoms with Gasteiger partial charge in [-0.1, -0.05) is 6.07 Å². The van der Waals surface area contributed by atoms with Crippen LogP contribution in [0.4, 0.5) is 0 Å². The molecular formula is C23H26N6O3. The van der Waals surface area contributed by atoms with Gasteiger partial charge in [-0.2, -0.15) is 9.97 Å². The Labute approximate surface area is 186 Å². The standard InChI is InChI=1S/C23H26N6O3/c1-22-8-9-23(2,29-22)12-15(11-22)32-19-7-6-17(27-28-19)16-5-4-14(10-18(16)30)20-24-13-25-21(26-20)31-3/h4-7,10,13,15,29-30H,8-9,11-12H2,1-3H3. The molecule has 32 heavy (non-hydrogen) atoms. The first-order chi connectivity index (χ1) is 15.3. The molecule has 9 nitrogen and oxygen atoms in total. The van der Waals surface area contributed by atoms with Gasteiger partial charge in [0.05, 0.1) is 12.8 Å². The lowest BCUT2D eigenvalue weighted by Crippen LogP contribution is -2.56. The van der Waals surface area contributed by atoms with Crippen LogP contribution in [-0.2, 0) is 0 Å². The van der Waals surface area contributed by atoms with Gasteiger partial charge in [0.1, 0.15) is 18.2 Å². The van der Waals surface area contributed by atoms with E-state index in [9.17, 15) is 5.11 Å². The van der Waals surface area contributed by atoms with Crippen molar-refractivity contribution in [1.82, 2.24) is 30.5 Å². The van der Waals surface area contributed by atoms with E-state index in [0.29, 0.717) is 28.5 Å². The van der Waals surface area contributed by atoms with E-state index in [0.717, 1.165) is 12.8 Å². The van der Waals surface area contributed by atoms with E-state index in [1.807, 2.05) is 12.1 Å². The predicted molar refractivity (Wildman–Crippen MR) is 117 cm³/mol. The molecule has 2 aromatic heterocycles. The molecule has 2 unspecified atom stereocenters. The maximum atomic E-state index is 10.6. The summed E-state index contributed by atoms with van der Waals surface area (Å²) in [5.41, 5.74) is 2.01. The third kappa shape index (κ3) is 3.95. The van der Waals surface area contributed by atoms with Gasteiger partial charge < -0.3 is 19.9 Å². The van der Waals surface area contributed by atoms with Crippen molar-refractivity contribution in [2.45, 2.75) is 56.7 Å². The molecule has 2 N–H and O–H groups in total. The zero-order valence-electron chi connectivity index (χ0n) is 18.4. The Morgan fingerprint density at radius 2 is 1.81 bits per heavy atom. The third-order valence-corrected chi connectivity index (χ3v) is 6.38. The van der Waals surface area contributed by atoms with Crippen LogP contribution in [0.2, 0.25) is 0 Å². The van der Waals surface area contributed by atoms with Gasteiger partial charge in [0.15, 0.2) is 5.82 Å². The molecule has 0 spiro atoms. The summed E-state index contributed by atoms with van der Waals surface area (Å²) in [6.07, 6.45) is 5.72. The minimum Gasteiger partial charge on any atom is -0.507 e. The number of rotatable bonds is 5. The number of aromatic nitrogens is 5. The SMILES string of the molecule is COc1ncnc(-c2ccc(-c3ccc(OC4CC5(C)CCC(C)(C4)N5)nn3)c(O)c2)n1. The zero-order valence-corrected chi connectivity index (χ0v) is 18.4. The van der Waals surface area contributed by atoms with Crippen LogP contribution < -0.4 is 14.8 Å². The highest BCUT2D eigenvalue weighted by molar-refractivity contribution is 5.71. The average molecular weight is 435 g/mol. The smallest absolute Gasteiger partial charge is 0.319 e. The fourth-order valence-electron chi connectivity index (χ4n) is 4.98. The predicted octanol–water partition coefficient (Wildman–Crippen LogP) is 3.15. The Balaban J connectivity index is 1.32. The molecule has 2 fully saturated rings. The van der Waals surface area contributed by atoms with Crippen LogP contribution >= 0.6 is 0 Å². The van der Waals surface area contributed by atoms with Gasteiger partial charge in [-0.05, 0) is 44.9 Å². The van der Waals surface area contributed by atoms with E-state index < -0.39 is 0 Å². The minimum atomic E-state index is 0.0561. The highest BCUT2D eigenvalue weighted by Gasteiger charge is 2.49. The lowest BCUT2D eigenvalue weighted by molar-refractivity contribution is 0.0754. The highest BCUT2D eigenvalue weighted by Crippen LogP contribution is 2.43. The van der Waals surface area contributed by atoms with Gasteiger partial charge in [0.2, 0.25) is 5.88 Å². The normalized spacial score (nSPS) is 26.7. The van der Waals surface area contributed by atoms with Crippen molar-refractivity contribution in [2.24, 2.45) is 0 Å². The summed E-state index contributed by atoms with van der Waals surface area (Å²) >= 11 is 0. The fraction of sp³-hybridized carbons (Fsp3) is 0.435. The zero-order chi connectivity index (χ0) is 22.3. The van der Waals surface area contributed by atoms with Gasteiger partial charge in [-0.3, -0.25) is 0 Å². The molecule has 2 saturated heterocycles. The first-order valence-electron chi connectivity index (χ1n) is 10.7. The average Bonchev–Trinajstić information content (AvgIpc) is 3.01. The van der Waals surface area contributed by atoms with Crippen molar-refractivity contribution < 1.29 is 14.6 Å². The molecule has 0 radical (unpaired) electrons. The number of nitrogens with one attached hydrogen (secondary N) is 1. The Morgan fingerprint density at radius 3 is 2.47 bits per heavy atom. The van der Waals surface area contributed by atoms with Crippen LogP contribution in [0.15, 0.2) is 36.7 Å². The molecule has 1 aromatic carbocycles. The molecule has 166 valence electrons. The number of hydrogen-bond acceptors (Lipinski definition) is 9.